The van der Waals surface area contributed by atoms with E-state index in [4.69, 9.17) is 11.6 Å². The van der Waals surface area contributed by atoms with E-state index in [2.05, 4.69) is 0 Å². The van der Waals surface area contributed by atoms with Crippen molar-refractivity contribution in [2.75, 3.05) is 24.5 Å². The zero-order valence-corrected chi connectivity index (χ0v) is 13.5. The fourth-order valence-electron chi connectivity index (χ4n) is 3.27. The van der Waals surface area contributed by atoms with E-state index in [-0.39, 0.29) is 29.6 Å². The lowest BCUT2D eigenvalue weighted by atomic mass is 10.1. The molecule has 2 aliphatic heterocycles. The summed E-state index contributed by atoms with van der Waals surface area (Å²) in [7, 11) is 0. The van der Waals surface area contributed by atoms with Crippen LogP contribution in [0.25, 0.3) is 0 Å². The first-order valence-electron chi connectivity index (χ1n) is 7.73. The molecule has 4 nitrogen and oxygen atoms in total. The molecule has 2 fully saturated rings. The molecule has 0 aromatic heterocycles. The Labute approximate surface area is 142 Å². The van der Waals surface area contributed by atoms with Gasteiger partial charge < -0.3 is 9.80 Å². The number of hydrogen-bond acceptors (Lipinski definition) is 2. The van der Waals surface area contributed by atoms with Crippen molar-refractivity contribution in [1.29, 1.82) is 0 Å². The number of rotatable bonds is 2. The molecule has 3 rings (SSSR count). The van der Waals surface area contributed by atoms with Crippen LogP contribution < -0.4 is 4.90 Å². The van der Waals surface area contributed by atoms with E-state index in [1.165, 1.54) is 12.1 Å². The monoisotopic (exact) mass is 360 g/mol. The molecule has 1 unspecified atom stereocenters. The molecule has 2 aliphatic rings. The topological polar surface area (TPSA) is 40.6 Å². The normalized spacial score (nSPS) is 21.7. The average molecular weight is 361 g/mol. The minimum atomic E-state index is -4.63. The lowest BCUT2D eigenvalue weighted by Crippen LogP contribution is -2.35. The predicted octanol–water partition coefficient (Wildman–Crippen LogP) is 3.33. The van der Waals surface area contributed by atoms with Crippen LogP contribution in [0.1, 0.15) is 24.8 Å². The zero-order chi connectivity index (χ0) is 17.5. The van der Waals surface area contributed by atoms with Crippen molar-refractivity contribution in [3.8, 4) is 0 Å². The van der Waals surface area contributed by atoms with Gasteiger partial charge in [-0.25, -0.2) is 0 Å². The fourth-order valence-corrected chi connectivity index (χ4v) is 3.44. The molecule has 0 aliphatic carbocycles. The van der Waals surface area contributed by atoms with Crippen molar-refractivity contribution in [2.24, 2.45) is 5.92 Å². The smallest absolute Gasteiger partial charge is 0.342 e. The third kappa shape index (κ3) is 3.22. The highest BCUT2D eigenvalue weighted by Crippen LogP contribution is 2.40. The first-order valence-corrected chi connectivity index (χ1v) is 8.11. The molecule has 2 heterocycles. The van der Waals surface area contributed by atoms with Crippen molar-refractivity contribution in [2.45, 2.75) is 25.4 Å². The van der Waals surface area contributed by atoms with Crippen LogP contribution in [0.15, 0.2) is 18.2 Å². The van der Waals surface area contributed by atoms with Crippen molar-refractivity contribution in [3.63, 3.8) is 0 Å². The first kappa shape index (κ1) is 17.1. The molecule has 0 spiro atoms. The van der Waals surface area contributed by atoms with Crippen molar-refractivity contribution < 1.29 is 22.8 Å². The van der Waals surface area contributed by atoms with E-state index in [1.54, 1.807) is 4.90 Å². The third-order valence-electron chi connectivity index (χ3n) is 4.45. The Hall–Kier alpha value is -1.76. The van der Waals surface area contributed by atoms with Crippen molar-refractivity contribution in [3.05, 3.63) is 28.8 Å². The van der Waals surface area contributed by atoms with Crippen molar-refractivity contribution >= 4 is 29.1 Å². The van der Waals surface area contributed by atoms with Crippen LogP contribution in [-0.4, -0.2) is 36.3 Å². The van der Waals surface area contributed by atoms with E-state index < -0.39 is 23.6 Å². The number of amides is 2. The molecule has 1 aromatic rings. The largest absolute Gasteiger partial charge is 0.418 e. The second-order valence-corrected chi connectivity index (χ2v) is 6.53. The number of carbonyl (C=O) groups is 2. The average Bonchev–Trinajstić information content (AvgIpc) is 3.15. The Balaban J connectivity index is 1.86. The van der Waals surface area contributed by atoms with Gasteiger partial charge >= 0.3 is 6.18 Å². The van der Waals surface area contributed by atoms with Crippen LogP contribution in [0.5, 0.6) is 0 Å². The zero-order valence-electron chi connectivity index (χ0n) is 12.8. The highest BCUT2D eigenvalue weighted by Gasteiger charge is 2.42. The Morgan fingerprint density at radius 3 is 2.50 bits per heavy atom. The molecule has 0 bridgehead atoms. The molecule has 0 radical (unpaired) electrons. The molecule has 0 N–H and O–H groups in total. The van der Waals surface area contributed by atoms with Crippen LogP contribution in [0.2, 0.25) is 5.02 Å². The number of hydrogen-bond donors (Lipinski definition) is 0. The summed E-state index contributed by atoms with van der Waals surface area (Å²) in [5.41, 5.74) is -1.20. The summed E-state index contributed by atoms with van der Waals surface area (Å²) in [6.45, 7) is 1.27. The molecule has 1 aromatic carbocycles. The molecule has 8 heteroatoms. The molecular formula is C16H16ClF3N2O2. The highest BCUT2D eigenvalue weighted by atomic mass is 35.5. The van der Waals surface area contributed by atoms with E-state index >= 15 is 0 Å². The number of benzene rings is 1. The maximum Gasteiger partial charge on any atom is 0.418 e. The summed E-state index contributed by atoms with van der Waals surface area (Å²) < 4.78 is 39.7. The Morgan fingerprint density at radius 1 is 1.21 bits per heavy atom. The van der Waals surface area contributed by atoms with Crippen LogP contribution in [0, 0.1) is 5.92 Å². The van der Waals surface area contributed by atoms with E-state index in [0.29, 0.717) is 13.1 Å². The van der Waals surface area contributed by atoms with E-state index in [1.807, 2.05) is 0 Å². The van der Waals surface area contributed by atoms with Crippen LogP contribution in [-0.2, 0) is 15.8 Å². The van der Waals surface area contributed by atoms with Gasteiger partial charge in [-0.3, -0.25) is 9.59 Å². The second kappa shape index (κ2) is 6.27. The van der Waals surface area contributed by atoms with Gasteiger partial charge in [0.25, 0.3) is 0 Å². The standard InChI is InChI=1S/C16H16ClF3N2O2/c17-11-3-4-13(12(8-11)16(18,19)20)22-9-10(7-14(22)23)15(24)21-5-1-2-6-21/h3-4,8,10H,1-2,5-7,9H2. The lowest BCUT2D eigenvalue weighted by Gasteiger charge is -2.23. The summed E-state index contributed by atoms with van der Waals surface area (Å²) in [6.07, 6.45) is -2.84. The molecule has 1 atom stereocenters. The number of nitrogens with zero attached hydrogens (tertiary/aromatic N) is 2. The number of alkyl halides is 3. The van der Waals surface area contributed by atoms with Gasteiger partial charge in [0.2, 0.25) is 11.8 Å². The Kier molecular flexibility index (Phi) is 4.46. The molecule has 130 valence electrons. The summed E-state index contributed by atoms with van der Waals surface area (Å²) >= 11 is 5.67. The van der Waals surface area contributed by atoms with Gasteiger partial charge in [0.05, 0.1) is 17.2 Å². The number of anilines is 1. The van der Waals surface area contributed by atoms with Gasteiger partial charge in [0, 0.05) is 31.1 Å². The Morgan fingerprint density at radius 2 is 1.88 bits per heavy atom. The Bertz CT molecular complexity index is 672. The fraction of sp³-hybridized carbons (Fsp3) is 0.500. The highest BCUT2D eigenvalue weighted by molar-refractivity contribution is 6.30. The van der Waals surface area contributed by atoms with Gasteiger partial charge in [0.1, 0.15) is 0 Å². The van der Waals surface area contributed by atoms with Gasteiger partial charge in [-0.15, -0.1) is 0 Å². The predicted molar refractivity (Wildman–Crippen MR) is 82.7 cm³/mol. The van der Waals surface area contributed by atoms with Crippen LogP contribution in [0.3, 0.4) is 0 Å². The minimum absolute atomic E-state index is 0.0289. The number of likely N-dealkylation sites (tertiary alicyclic amines) is 1. The van der Waals surface area contributed by atoms with Gasteiger partial charge in [-0.2, -0.15) is 13.2 Å². The first-order chi connectivity index (χ1) is 11.3. The molecule has 2 saturated heterocycles. The molecule has 0 saturated carbocycles. The minimum Gasteiger partial charge on any atom is -0.342 e. The van der Waals surface area contributed by atoms with Gasteiger partial charge in [0.15, 0.2) is 0 Å². The molecule has 24 heavy (non-hydrogen) atoms. The van der Waals surface area contributed by atoms with Gasteiger partial charge in [-0.05, 0) is 31.0 Å². The quantitative estimate of drug-likeness (QED) is 0.811. The van der Waals surface area contributed by atoms with E-state index in [0.717, 1.165) is 23.8 Å². The van der Waals surface area contributed by atoms with Crippen molar-refractivity contribution in [1.82, 2.24) is 4.90 Å². The van der Waals surface area contributed by atoms with Crippen LogP contribution >= 0.6 is 11.6 Å². The molecule has 2 amide bonds. The second-order valence-electron chi connectivity index (χ2n) is 6.10. The van der Waals surface area contributed by atoms with Crippen LogP contribution in [0.4, 0.5) is 18.9 Å². The summed E-state index contributed by atoms with van der Waals surface area (Å²) in [5.74, 6) is -1.21. The summed E-state index contributed by atoms with van der Waals surface area (Å²) in [5, 5.41) is -0.0533. The lowest BCUT2D eigenvalue weighted by molar-refractivity contribution is -0.137. The maximum atomic E-state index is 13.2. The third-order valence-corrected chi connectivity index (χ3v) is 4.68. The number of halogens is 4. The van der Waals surface area contributed by atoms with E-state index in [9.17, 15) is 22.8 Å². The number of carbonyl (C=O) groups excluding carboxylic acids is 2. The SMILES string of the molecule is O=C(C1CC(=O)N(c2ccc(Cl)cc2C(F)(F)F)C1)N1CCCC1. The van der Waals surface area contributed by atoms with Gasteiger partial charge in [-0.1, -0.05) is 11.6 Å². The molecular weight excluding hydrogens is 345 g/mol. The summed E-state index contributed by atoms with van der Waals surface area (Å²) in [6, 6.07) is 3.31. The maximum absolute atomic E-state index is 13.2. The summed E-state index contributed by atoms with van der Waals surface area (Å²) in [4.78, 5) is 27.4.